The van der Waals surface area contributed by atoms with Crippen LogP contribution in [-0.4, -0.2) is 74.3 Å². The first kappa shape index (κ1) is 29.2. The largest absolute Gasteiger partial charge is 0.351 e. The lowest BCUT2D eigenvalue weighted by Crippen LogP contribution is -2.48. The summed E-state index contributed by atoms with van der Waals surface area (Å²) in [5.41, 5.74) is 3.79. The lowest BCUT2D eigenvalue weighted by molar-refractivity contribution is 0.0947. The number of nitrogens with one attached hydrogen (secondary N) is 1. The van der Waals surface area contributed by atoms with Crippen molar-refractivity contribution >= 4 is 42.6 Å². The minimum atomic E-state index is -3.67. The van der Waals surface area contributed by atoms with Crippen molar-refractivity contribution in [1.82, 2.24) is 19.5 Å². The van der Waals surface area contributed by atoms with E-state index in [-0.39, 0.29) is 10.8 Å². The molecule has 5 rings (SSSR count). The Balaban J connectivity index is 1.10. The summed E-state index contributed by atoms with van der Waals surface area (Å²) < 4.78 is 29.1. The Morgan fingerprint density at radius 3 is 2.37 bits per heavy atom. The van der Waals surface area contributed by atoms with Crippen LogP contribution in [0.25, 0.3) is 10.2 Å². The highest BCUT2D eigenvalue weighted by atomic mass is 32.2. The number of aryl methyl sites for hydroxylation is 1. The van der Waals surface area contributed by atoms with Gasteiger partial charge in [0.2, 0.25) is 10.0 Å². The van der Waals surface area contributed by atoms with Crippen LogP contribution in [0.2, 0.25) is 0 Å². The van der Waals surface area contributed by atoms with Gasteiger partial charge in [0.1, 0.15) is 0 Å². The molecule has 1 saturated heterocycles. The molecule has 0 atom stereocenters. The van der Waals surface area contributed by atoms with Gasteiger partial charge in [-0.3, -0.25) is 9.69 Å². The molecule has 3 aromatic carbocycles. The van der Waals surface area contributed by atoms with E-state index in [0.717, 1.165) is 55.4 Å². The highest BCUT2D eigenvalue weighted by Crippen LogP contribution is 2.31. The molecule has 4 aromatic rings. The molecule has 1 amide bonds. The van der Waals surface area contributed by atoms with Crippen molar-refractivity contribution in [1.29, 1.82) is 0 Å². The van der Waals surface area contributed by atoms with Crippen LogP contribution in [0.1, 0.15) is 35.3 Å². The number of sulfonamides is 1. The molecule has 0 radical (unpaired) electrons. The quantitative estimate of drug-likeness (QED) is 0.274. The average Bonchev–Trinajstić information content (AvgIpc) is 3.45. The van der Waals surface area contributed by atoms with Gasteiger partial charge in [-0.05, 0) is 47.9 Å². The molecule has 0 spiro atoms. The Labute approximate surface area is 246 Å². The molecule has 1 aromatic heterocycles. The average molecular weight is 592 g/mol. The van der Waals surface area contributed by atoms with Crippen LogP contribution in [0, 0.1) is 0 Å². The van der Waals surface area contributed by atoms with Gasteiger partial charge in [-0.15, -0.1) is 0 Å². The van der Waals surface area contributed by atoms with Gasteiger partial charge in [-0.1, -0.05) is 67.6 Å². The number of carbonyl (C=O) groups excluding carboxylic acids is 1. The molecule has 2 heterocycles. The van der Waals surface area contributed by atoms with Gasteiger partial charge >= 0.3 is 0 Å². The van der Waals surface area contributed by atoms with Crippen molar-refractivity contribution in [2.75, 3.05) is 50.7 Å². The molecule has 1 fully saturated rings. The number of carbonyl (C=O) groups is 1. The minimum Gasteiger partial charge on any atom is -0.351 e. The first-order chi connectivity index (χ1) is 19.9. The number of benzene rings is 3. The number of rotatable bonds is 11. The molecule has 0 bridgehead atoms. The van der Waals surface area contributed by atoms with Gasteiger partial charge in [0.15, 0.2) is 5.13 Å². The lowest BCUT2D eigenvalue weighted by Gasteiger charge is -2.34. The third kappa shape index (κ3) is 6.78. The number of fused-ring (bicyclic) bond motifs is 1. The third-order valence-electron chi connectivity index (χ3n) is 7.54. The van der Waals surface area contributed by atoms with Crippen LogP contribution in [0.5, 0.6) is 0 Å². The Morgan fingerprint density at radius 2 is 1.68 bits per heavy atom. The molecule has 0 saturated carbocycles. The van der Waals surface area contributed by atoms with E-state index in [2.05, 4.69) is 40.2 Å². The topological polar surface area (TPSA) is 85.8 Å². The maximum atomic E-state index is 13.2. The second kappa shape index (κ2) is 13.1. The van der Waals surface area contributed by atoms with Gasteiger partial charge < -0.3 is 10.2 Å². The zero-order chi connectivity index (χ0) is 28.8. The monoisotopic (exact) mass is 591 g/mol. The molecule has 1 aliphatic rings. The molecule has 0 aliphatic carbocycles. The van der Waals surface area contributed by atoms with E-state index >= 15 is 0 Å². The van der Waals surface area contributed by atoms with E-state index in [4.69, 9.17) is 4.98 Å². The number of anilines is 1. The summed E-state index contributed by atoms with van der Waals surface area (Å²) in [6.45, 7) is 9.58. The first-order valence-corrected chi connectivity index (χ1v) is 16.4. The summed E-state index contributed by atoms with van der Waals surface area (Å²) in [6.07, 6.45) is 0.982. The van der Waals surface area contributed by atoms with E-state index in [1.807, 2.05) is 37.3 Å². The van der Waals surface area contributed by atoms with E-state index in [9.17, 15) is 13.2 Å². The third-order valence-corrected chi connectivity index (χ3v) is 10.6. The van der Waals surface area contributed by atoms with Gasteiger partial charge in [0.05, 0.1) is 15.1 Å². The van der Waals surface area contributed by atoms with E-state index < -0.39 is 10.0 Å². The fourth-order valence-electron chi connectivity index (χ4n) is 5.09. The normalized spacial score (nSPS) is 14.6. The van der Waals surface area contributed by atoms with Crippen LogP contribution < -0.4 is 10.2 Å². The highest BCUT2D eigenvalue weighted by Gasteiger charge is 2.24. The zero-order valence-corrected chi connectivity index (χ0v) is 25.3. The Hall–Kier alpha value is -3.31. The fourth-order valence-corrected chi connectivity index (χ4v) is 7.59. The maximum Gasteiger partial charge on any atom is 0.251 e. The Bertz CT molecular complexity index is 1560. The molecule has 0 unspecified atom stereocenters. The van der Waals surface area contributed by atoms with Crippen LogP contribution in [0.4, 0.5) is 5.13 Å². The summed E-state index contributed by atoms with van der Waals surface area (Å²) in [7, 11) is -3.67. The van der Waals surface area contributed by atoms with Crippen molar-refractivity contribution in [3.8, 4) is 0 Å². The summed E-state index contributed by atoms with van der Waals surface area (Å²) in [6, 6.07) is 22.1. The number of thiazole rings is 1. The van der Waals surface area contributed by atoms with Gasteiger partial charge in [0.25, 0.3) is 5.91 Å². The number of amides is 1. The number of nitrogens with zero attached hydrogens (tertiary/aromatic N) is 4. The Kier molecular flexibility index (Phi) is 9.34. The predicted molar refractivity (Wildman–Crippen MR) is 166 cm³/mol. The molecule has 8 nitrogen and oxygen atoms in total. The zero-order valence-electron chi connectivity index (χ0n) is 23.6. The Morgan fingerprint density at radius 1 is 0.951 bits per heavy atom. The molecule has 1 N–H and O–H groups in total. The summed E-state index contributed by atoms with van der Waals surface area (Å²) in [5, 5.41) is 4.06. The van der Waals surface area contributed by atoms with E-state index in [1.165, 1.54) is 26.7 Å². The van der Waals surface area contributed by atoms with Gasteiger partial charge in [0, 0.05) is 57.9 Å². The highest BCUT2D eigenvalue weighted by molar-refractivity contribution is 7.89. The van der Waals surface area contributed by atoms with Crippen molar-refractivity contribution in [3.63, 3.8) is 0 Å². The summed E-state index contributed by atoms with van der Waals surface area (Å²) in [5.74, 6) is -0.203. The maximum absolute atomic E-state index is 13.2. The number of hydrogen-bond donors (Lipinski definition) is 1. The minimum absolute atomic E-state index is 0.184. The van der Waals surface area contributed by atoms with Gasteiger partial charge in [-0.2, -0.15) is 4.31 Å². The fraction of sp³-hybridized carbons (Fsp3) is 0.355. The van der Waals surface area contributed by atoms with Crippen LogP contribution >= 0.6 is 11.3 Å². The molecule has 216 valence electrons. The second-order valence-corrected chi connectivity index (χ2v) is 13.1. The lowest BCUT2D eigenvalue weighted by atomic mass is 10.1. The van der Waals surface area contributed by atoms with Crippen molar-refractivity contribution in [3.05, 3.63) is 89.5 Å². The van der Waals surface area contributed by atoms with E-state index in [0.29, 0.717) is 25.2 Å². The molecule has 1 aliphatic heterocycles. The van der Waals surface area contributed by atoms with Crippen molar-refractivity contribution < 1.29 is 13.2 Å². The molecule has 10 heteroatoms. The second-order valence-electron chi connectivity index (χ2n) is 10.1. The van der Waals surface area contributed by atoms with Crippen LogP contribution in [0.15, 0.2) is 77.7 Å². The molecular formula is C31H37N5O3S2. The molecule has 41 heavy (non-hydrogen) atoms. The van der Waals surface area contributed by atoms with Crippen LogP contribution in [-0.2, 0) is 23.0 Å². The standard InChI is InChI=1S/C31H37N5O3S2/c1-3-25-11-8-12-28-29(25)33-31(40-28)35-21-19-34(20-22-35)18-17-32-30(37)26-13-15-27(16-14-26)41(38,39)36(4-2)23-24-9-6-5-7-10-24/h5-16H,3-4,17-23H2,1-2H3,(H,32,37). The van der Waals surface area contributed by atoms with Crippen molar-refractivity contribution in [2.24, 2.45) is 0 Å². The smallest absolute Gasteiger partial charge is 0.251 e. The summed E-state index contributed by atoms with van der Waals surface area (Å²) >= 11 is 1.76. The number of hydrogen-bond acceptors (Lipinski definition) is 7. The first-order valence-electron chi connectivity index (χ1n) is 14.2. The SMILES string of the molecule is CCc1cccc2sc(N3CCN(CCNC(=O)c4ccc(S(=O)(=O)N(CC)Cc5ccccc5)cc4)CC3)nc12. The number of para-hydroxylation sites is 1. The van der Waals surface area contributed by atoms with Crippen LogP contribution in [0.3, 0.4) is 0 Å². The summed E-state index contributed by atoms with van der Waals surface area (Å²) in [4.78, 5) is 22.6. The van der Waals surface area contributed by atoms with Gasteiger partial charge in [-0.25, -0.2) is 13.4 Å². The van der Waals surface area contributed by atoms with Crippen molar-refractivity contribution in [2.45, 2.75) is 31.7 Å². The molecular weight excluding hydrogens is 555 g/mol. The number of aromatic nitrogens is 1. The number of piperazine rings is 1. The van der Waals surface area contributed by atoms with E-state index in [1.54, 1.807) is 23.5 Å². The predicted octanol–water partition coefficient (Wildman–Crippen LogP) is 4.62.